The Morgan fingerprint density at radius 3 is 2.40 bits per heavy atom. The minimum absolute atomic E-state index is 0.00744. The number of hydrogen-bond acceptors (Lipinski definition) is 8. The molecule has 1 heterocycles. The molecule has 1 unspecified atom stereocenters. The van der Waals surface area contributed by atoms with E-state index in [4.69, 9.17) is 15.2 Å². The molecule has 1 aliphatic rings. The lowest BCUT2D eigenvalue weighted by molar-refractivity contribution is -0.117. The van der Waals surface area contributed by atoms with E-state index in [0.29, 0.717) is 30.1 Å². The summed E-state index contributed by atoms with van der Waals surface area (Å²) in [6.07, 6.45) is 6.67. The summed E-state index contributed by atoms with van der Waals surface area (Å²) in [4.78, 5) is 41.1. The van der Waals surface area contributed by atoms with Crippen LogP contribution in [0.3, 0.4) is 0 Å². The smallest absolute Gasteiger partial charge is 0.264 e. The minimum atomic E-state index is -3.64. The predicted octanol–water partition coefficient (Wildman–Crippen LogP) is 4.10. The number of nitrogens with zero attached hydrogens (tertiary/aromatic N) is 1. The predicted molar refractivity (Wildman–Crippen MR) is 154 cm³/mol. The van der Waals surface area contributed by atoms with Crippen LogP contribution in [0.25, 0.3) is 0 Å². The van der Waals surface area contributed by atoms with Gasteiger partial charge in [0.05, 0.1) is 48.4 Å². The van der Waals surface area contributed by atoms with Crippen LogP contribution in [-0.2, 0) is 14.6 Å². The number of benzene rings is 2. The molecule has 10 nitrogen and oxygen atoms in total. The molecular formula is C29H39N3O7S. The van der Waals surface area contributed by atoms with Crippen molar-refractivity contribution in [3.63, 3.8) is 0 Å². The van der Waals surface area contributed by atoms with Gasteiger partial charge in [0.25, 0.3) is 11.8 Å². The molecule has 11 heteroatoms. The van der Waals surface area contributed by atoms with Crippen LogP contribution in [-0.4, -0.2) is 62.8 Å². The number of amides is 3. The molecule has 1 aliphatic heterocycles. The first-order chi connectivity index (χ1) is 19.0. The zero-order chi connectivity index (χ0) is 29.4. The number of unbranched alkanes of at least 4 members (excludes halogenated alkanes) is 4. The maximum absolute atomic E-state index is 13.8. The molecule has 3 N–H and O–H groups in total. The van der Waals surface area contributed by atoms with Gasteiger partial charge in [0, 0.05) is 6.26 Å². The van der Waals surface area contributed by atoms with Crippen LogP contribution >= 0.6 is 0 Å². The number of nitrogens with two attached hydrogens (primary N) is 1. The van der Waals surface area contributed by atoms with Crippen LogP contribution in [0, 0.1) is 0 Å². The fourth-order valence-electron chi connectivity index (χ4n) is 4.79. The van der Waals surface area contributed by atoms with Crippen LogP contribution in [0.2, 0.25) is 0 Å². The average Bonchev–Trinajstić information content (AvgIpc) is 3.16. The molecular weight excluding hydrogens is 534 g/mol. The number of sulfone groups is 1. The fraction of sp³-hybridized carbons (Fsp3) is 0.483. The number of rotatable bonds is 15. The highest BCUT2D eigenvalue weighted by Crippen LogP contribution is 2.38. The lowest BCUT2D eigenvalue weighted by Gasteiger charge is -2.27. The molecule has 0 spiro atoms. The third kappa shape index (κ3) is 7.39. The summed E-state index contributed by atoms with van der Waals surface area (Å²) < 4.78 is 35.9. The number of carbonyl (C=O) groups is 3. The van der Waals surface area contributed by atoms with E-state index in [1.807, 2.05) is 0 Å². The highest BCUT2D eigenvalue weighted by Gasteiger charge is 2.43. The lowest BCUT2D eigenvalue weighted by Crippen LogP contribution is -2.38. The van der Waals surface area contributed by atoms with Crippen LogP contribution < -0.4 is 20.5 Å². The number of imide groups is 1. The second-order valence-electron chi connectivity index (χ2n) is 9.96. The SMILES string of the molecule is CCCCCCCC(N)C(=O)Nc1cccc2c1C(=O)N([C@H](CS(C)(=O)=O)c1ccc(OC)c(OCC)c1)C2=O. The number of ether oxygens (including phenoxy) is 2. The van der Waals surface area contributed by atoms with Crippen molar-refractivity contribution in [3.05, 3.63) is 53.1 Å². The summed E-state index contributed by atoms with van der Waals surface area (Å²) in [5, 5.41) is 2.72. The Morgan fingerprint density at radius 1 is 1.02 bits per heavy atom. The first-order valence-electron chi connectivity index (χ1n) is 13.6. The molecule has 0 radical (unpaired) electrons. The normalized spacial score (nSPS) is 14.6. The van der Waals surface area contributed by atoms with E-state index >= 15 is 0 Å². The average molecular weight is 574 g/mol. The highest BCUT2D eigenvalue weighted by molar-refractivity contribution is 7.90. The Morgan fingerprint density at radius 2 is 1.75 bits per heavy atom. The van der Waals surface area contributed by atoms with Gasteiger partial charge in [-0.3, -0.25) is 19.3 Å². The second kappa shape index (κ2) is 13.8. The summed E-state index contributed by atoms with van der Waals surface area (Å²) in [7, 11) is -2.17. The topological polar surface area (TPSA) is 145 Å². The zero-order valence-electron chi connectivity index (χ0n) is 23.6. The van der Waals surface area contributed by atoms with E-state index in [1.54, 1.807) is 31.2 Å². The Labute approximate surface area is 236 Å². The van der Waals surface area contributed by atoms with Gasteiger partial charge in [-0.15, -0.1) is 0 Å². The summed E-state index contributed by atoms with van der Waals surface area (Å²) in [5.41, 5.74) is 6.74. The van der Waals surface area contributed by atoms with E-state index in [-0.39, 0.29) is 16.8 Å². The van der Waals surface area contributed by atoms with Gasteiger partial charge in [0.2, 0.25) is 5.91 Å². The fourth-order valence-corrected chi connectivity index (χ4v) is 5.71. The molecule has 2 aromatic rings. The maximum atomic E-state index is 13.8. The van der Waals surface area contributed by atoms with Crippen molar-refractivity contribution >= 4 is 33.2 Å². The van der Waals surface area contributed by atoms with E-state index in [2.05, 4.69) is 12.2 Å². The van der Waals surface area contributed by atoms with Crippen molar-refractivity contribution in [2.45, 2.75) is 64.5 Å². The molecule has 3 amide bonds. The molecule has 0 saturated carbocycles. The van der Waals surface area contributed by atoms with Gasteiger partial charge >= 0.3 is 0 Å². The van der Waals surface area contributed by atoms with Crippen molar-refractivity contribution < 1.29 is 32.3 Å². The summed E-state index contributed by atoms with van der Waals surface area (Å²) in [6, 6.07) is 7.44. The second-order valence-corrected chi connectivity index (χ2v) is 12.1. The van der Waals surface area contributed by atoms with Gasteiger partial charge < -0.3 is 20.5 Å². The minimum Gasteiger partial charge on any atom is -0.493 e. The number of methoxy groups -OCH3 is 1. The molecule has 0 bridgehead atoms. The van der Waals surface area contributed by atoms with E-state index in [1.165, 1.54) is 19.2 Å². The van der Waals surface area contributed by atoms with Crippen LogP contribution in [0.5, 0.6) is 11.5 Å². The van der Waals surface area contributed by atoms with Crippen molar-refractivity contribution in [1.82, 2.24) is 4.90 Å². The molecule has 3 rings (SSSR count). The van der Waals surface area contributed by atoms with Gasteiger partial charge in [0.1, 0.15) is 9.84 Å². The van der Waals surface area contributed by atoms with Gasteiger partial charge in [-0.1, -0.05) is 51.2 Å². The number of anilines is 1. The largest absolute Gasteiger partial charge is 0.493 e. The lowest BCUT2D eigenvalue weighted by atomic mass is 10.0. The Bertz CT molecular complexity index is 1340. The van der Waals surface area contributed by atoms with Crippen LogP contribution in [0.15, 0.2) is 36.4 Å². The van der Waals surface area contributed by atoms with Gasteiger partial charge in [0.15, 0.2) is 11.5 Å². The van der Waals surface area contributed by atoms with Gasteiger partial charge in [-0.25, -0.2) is 8.42 Å². The molecule has 2 aromatic carbocycles. The number of fused-ring (bicyclic) bond motifs is 1. The van der Waals surface area contributed by atoms with E-state index in [9.17, 15) is 22.8 Å². The van der Waals surface area contributed by atoms with Crippen molar-refractivity contribution in [2.75, 3.05) is 31.0 Å². The van der Waals surface area contributed by atoms with Crippen LogP contribution in [0.1, 0.15) is 84.7 Å². The van der Waals surface area contributed by atoms with Crippen molar-refractivity contribution in [3.8, 4) is 11.5 Å². The van der Waals surface area contributed by atoms with Crippen LogP contribution in [0.4, 0.5) is 5.69 Å². The molecule has 2 atom stereocenters. The van der Waals surface area contributed by atoms with E-state index in [0.717, 1.165) is 43.3 Å². The standard InChI is InChI=1S/C29H39N3O7S/c1-5-7-8-9-10-13-21(30)27(33)31-22-14-11-12-20-26(22)29(35)32(28(20)34)23(18-40(4,36)37)19-15-16-24(38-3)25(17-19)39-6-2/h11-12,14-17,21,23H,5-10,13,18,30H2,1-4H3,(H,31,33)/t21?,23-/m1/s1. The Hall–Kier alpha value is -3.44. The van der Waals surface area contributed by atoms with E-state index < -0.39 is 45.4 Å². The molecule has 0 saturated heterocycles. The van der Waals surface area contributed by atoms with Crippen molar-refractivity contribution in [1.29, 1.82) is 0 Å². The third-order valence-electron chi connectivity index (χ3n) is 6.80. The van der Waals surface area contributed by atoms with Gasteiger partial charge in [-0.2, -0.15) is 0 Å². The Kier molecular flexibility index (Phi) is 10.7. The Balaban J connectivity index is 1.91. The van der Waals surface area contributed by atoms with Gasteiger partial charge in [-0.05, 0) is 43.2 Å². The summed E-state index contributed by atoms with van der Waals surface area (Å²) in [6.45, 7) is 4.25. The highest BCUT2D eigenvalue weighted by atomic mass is 32.2. The van der Waals surface area contributed by atoms with Crippen molar-refractivity contribution in [2.24, 2.45) is 5.73 Å². The summed E-state index contributed by atoms with van der Waals surface area (Å²) >= 11 is 0. The molecule has 40 heavy (non-hydrogen) atoms. The zero-order valence-corrected chi connectivity index (χ0v) is 24.4. The summed E-state index contributed by atoms with van der Waals surface area (Å²) in [5.74, 6) is -1.52. The maximum Gasteiger partial charge on any atom is 0.264 e. The first kappa shape index (κ1) is 31.1. The quantitative estimate of drug-likeness (QED) is 0.239. The first-order valence-corrected chi connectivity index (χ1v) is 15.6. The monoisotopic (exact) mass is 573 g/mol. The molecule has 0 aliphatic carbocycles. The number of nitrogens with one attached hydrogen (secondary N) is 1. The molecule has 218 valence electrons. The number of carbonyl (C=O) groups excluding carboxylic acids is 3. The molecule has 0 aromatic heterocycles. The third-order valence-corrected chi connectivity index (χ3v) is 7.73. The molecule has 0 fully saturated rings. The number of hydrogen-bond donors (Lipinski definition) is 2.